The molecule has 0 saturated carbocycles. The van der Waals surface area contributed by atoms with E-state index in [4.69, 9.17) is 17.0 Å². The number of carbonyl (C=O) groups excluding carboxylic acids is 2. The zero-order valence-electron chi connectivity index (χ0n) is 18.4. The third-order valence-corrected chi connectivity index (χ3v) is 6.72. The summed E-state index contributed by atoms with van der Waals surface area (Å²) in [5.41, 5.74) is 7.63. The van der Waals surface area contributed by atoms with Crippen molar-refractivity contribution >= 4 is 57.3 Å². The van der Waals surface area contributed by atoms with Crippen LogP contribution in [0.1, 0.15) is 33.3 Å². The van der Waals surface area contributed by atoms with Crippen molar-refractivity contribution in [1.29, 1.82) is 0 Å². The number of benzene rings is 2. The minimum atomic E-state index is -0.440. The predicted octanol–water partition coefficient (Wildman–Crippen LogP) is 4.91. The fraction of sp³-hybridized carbons (Fsp3) is 0.208. The molecule has 3 aromatic rings. The lowest BCUT2D eigenvalue weighted by Gasteiger charge is -2.11. The van der Waals surface area contributed by atoms with Crippen molar-refractivity contribution in [3.05, 3.63) is 88.0 Å². The third kappa shape index (κ3) is 8.12. The summed E-state index contributed by atoms with van der Waals surface area (Å²) in [7, 11) is 0. The van der Waals surface area contributed by atoms with E-state index in [2.05, 4.69) is 16.2 Å². The number of amides is 1. The Morgan fingerprint density at radius 3 is 2.50 bits per heavy atom. The lowest BCUT2D eigenvalue weighted by molar-refractivity contribution is -0.119. The predicted molar refractivity (Wildman–Crippen MR) is 140 cm³/mol. The van der Waals surface area contributed by atoms with Crippen molar-refractivity contribution in [2.45, 2.75) is 19.1 Å². The van der Waals surface area contributed by atoms with E-state index >= 15 is 0 Å². The number of hydrazine groups is 1. The Hall–Kier alpha value is -2.95. The minimum Gasteiger partial charge on any atom is -0.462 e. The van der Waals surface area contributed by atoms with E-state index in [1.165, 1.54) is 35.2 Å². The quantitative estimate of drug-likeness (QED) is 0.212. The Morgan fingerprint density at radius 1 is 1.06 bits per heavy atom. The van der Waals surface area contributed by atoms with Gasteiger partial charge in [0.1, 0.15) is 10.8 Å². The molecule has 0 spiro atoms. The number of thiocarbonyl (C=S) groups is 1. The van der Waals surface area contributed by atoms with Crippen LogP contribution in [0.2, 0.25) is 0 Å². The van der Waals surface area contributed by atoms with Crippen molar-refractivity contribution in [1.82, 2.24) is 10.9 Å². The first-order chi connectivity index (χ1) is 16.4. The minimum absolute atomic E-state index is 0.149. The zero-order valence-corrected chi connectivity index (χ0v) is 20.9. The van der Waals surface area contributed by atoms with Gasteiger partial charge in [-0.3, -0.25) is 15.6 Å². The van der Waals surface area contributed by atoms with E-state index in [1.54, 1.807) is 25.1 Å². The lowest BCUT2D eigenvalue weighted by Crippen LogP contribution is -2.44. The van der Waals surface area contributed by atoms with Gasteiger partial charge in [0, 0.05) is 17.1 Å². The molecule has 0 atom stereocenters. The molecule has 3 rings (SSSR count). The van der Waals surface area contributed by atoms with Gasteiger partial charge in [0.05, 0.1) is 17.9 Å². The summed E-state index contributed by atoms with van der Waals surface area (Å²) in [6.07, 6.45) is 0.668. The monoisotopic (exact) mass is 517 g/mol. The zero-order chi connectivity index (χ0) is 24.3. The first-order valence-corrected chi connectivity index (χ1v) is 12.8. The van der Waals surface area contributed by atoms with Crippen LogP contribution in [0.25, 0.3) is 0 Å². The van der Waals surface area contributed by atoms with Crippen molar-refractivity contribution in [2.24, 2.45) is 0 Å². The van der Waals surface area contributed by atoms with Crippen LogP contribution in [-0.4, -0.2) is 29.3 Å². The maximum atomic E-state index is 13.0. The van der Waals surface area contributed by atoms with Crippen LogP contribution in [0.15, 0.2) is 60.7 Å². The molecule has 0 fully saturated rings. The fourth-order valence-corrected chi connectivity index (χ4v) is 5.01. The van der Waals surface area contributed by atoms with Gasteiger partial charge >= 0.3 is 5.97 Å². The molecule has 1 amide bonds. The molecule has 0 unspecified atom stereocenters. The number of thioether (sulfide) groups is 1. The third-order valence-electron chi connectivity index (χ3n) is 4.46. The van der Waals surface area contributed by atoms with Crippen molar-refractivity contribution in [2.75, 3.05) is 17.7 Å². The van der Waals surface area contributed by atoms with E-state index in [9.17, 15) is 14.0 Å². The van der Waals surface area contributed by atoms with Gasteiger partial charge in [0.15, 0.2) is 5.11 Å². The molecule has 0 saturated heterocycles. The highest BCUT2D eigenvalue weighted by atomic mass is 32.2. The molecular weight excluding hydrogens is 493 g/mol. The molecule has 34 heavy (non-hydrogen) atoms. The van der Waals surface area contributed by atoms with E-state index in [0.29, 0.717) is 22.7 Å². The Balaban J connectivity index is 1.52. The maximum absolute atomic E-state index is 13.0. The van der Waals surface area contributed by atoms with Gasteiger partial charge in [-0.25, -0.2) is 9.18 Å². The summed E-state index contributed by atoms with van der Waals surface area (Å²) in [6, 6.07) is 17.9. The Kier molecular flexibility index (Phi) is 9.87. The second kappa shape index (κ2) is 13.1. The van der Waals surface area contributed by atoms with Gasteiger partial charge in [-0.15, -0.1) is 23.1 Å². The molecule has 1 heterocycles. The molecule has 0 bridgehead atoms. The maximum Gasteiger partial charge on any atom is 0.341 e. The SMILES string of the molecule is CCOC(=O)c1cc(Cc2ccccc2)sc1NC(=S)NNC(=O)CSCc1ccc(F)cc1. The average molecular weight is 518 g/mol. The topological polar surface area (TPSA) is 79.5 Å². The van der Waals surface area contributed by atoms with Crippen LogP contribution in [0.3, 0.4) is 0 Å². The standard InChI is InChI=1S/C24H24FN3O3S3/c1-2-31-23(30)20-13-19(12-16-6-4-3-5-7-16)34-22(20)26-24(32)28-27-21(29)15-33-14-17-8-10-18(25)11-9-17/h3-11,13H,2,12,14-15H2,1H3,(H,27,29)(H2,26,28,32). The molecule has 3 N–H and O–H groups in total. The van der Waals surface area contributed by atoms with Gasteiger partial charge in [0.2, 0.25) is 5.91 Å². The number of anilines is 1. The number of ether oxygens (including phenoxy) is 1. The van der Waals surface area contributed by atoms with Crippen molar-refractivity contribution < 1.29 is 18.7 Å². The molecule has 10 heteroatoms. The van der Waals surface area contributed by atoms with E-state index in [0.717, 1.165) is 16.0 Å². The number of esters is 1. The molecule has 0 aliphatic rings. The van der Waals surface area contributed by atoms with Crippen LogP contribution < -0.4 is 16.2 Å². The van der Waals surface area contributed by atoms with Gasteiger partial charge < -0.3 is 10.1 Å². The second-order valence-electron chi connectivity index (χ2n) is 7.08. The van der Waals surface area contributed by atoms with E-state index in [-0.39, 0.29) is 29.2 Å². The molecule has 0 aliphatic carbocycles. The summed E-state index contributed by atoms with van der Waals surface area (Å²) in [5.74, 6) is -0.219. The summed E-state index contributed by atoms with van der Waals surface area (Å²) in [6.45, 7) is 2.01. The number of rotatable bonds is 9. The number of halogens is 1. The van der Waals surface area contributed by atoms with Crippen LogP contribution >= 0.6 is 35.3 Å². The van der Waals surface area contributed by atoms with Gasteiger partial charge in [-0.2, -0.15) is 0 Å². The second-order valence-corrected chi connectivity index (χ2v) is 9.62. The average Bonchev–Trinajstić information content (AvgIpc) is 3.22. The molecule has 2 aromatic carbocycles. The molecule has 0 aliphatic heterocycles. The summed E-state index contributed by atoms with van der Waals surface area (Å²) in [5, 5.41) is 3.67. The van der Waals surface area contributed by atoms with Crippen LogP contribution in [0.4, 0.5) is 9.39 Å². The number of hydrogen-bond acceptors (Lipinski definition) is 6. The number of thiophene rings is 1. The Bertz CT molecular complexity index is 1120. The molecule has 178 valence electrons. The van der Waals surface area contributed by atoms with Gasteiger partial charge in [-0.05, 0) is 48.5 Å². The van der Waals surface area contributed by atoms with E-state index < -0.39 is 5.97 Å². The number of carbonyl (C=O) groups is 2. The number of hydrogen-bond donors (Lipinski definition) is 3. The molecule has 0 radical (unpaired) electrons. The smallest absolute Gasteiger partial charge is 0.341 e. The number of nitrogens with one attached hydrogen (secondary N) is 3. The first-order valence-electron chi connectivity index (χ1n) is 10.5. The normalized spacial score (nSPS) is 10.4. The van der Waals surface area contributed by atoms with Gasteiger partial charge in [-0.1, -0.05) is 42.5 Å². The molecule has 6 nitrogen and oxygen atoms in total. The van der Waals surface area contributed by atoms with Crippen molar-refractivity contribution in [3.63, 3.8) is 0 Å². The largest absolute Gasteiger partial charge is 0.462 e. The molecule has 1 aromatic heterocycles. The highest BCUT2D eigenvalue weighted by Crippen LogP contribution is 2.30. The summed E-state index contributed by atoms with van der Waals surface area (Å²) >= 11 is 8.08. The fourth-order valence-electron chi connectivity index (χ4n) is 2.92. The van der Waals surface area contributed by atoms with Crippen LogP contribution in [-0.2, 0) is 21.7 Å². The molecular formula is C24H24FN3O3S3. The highest BCUT2D eigenvalue weighted by molar-refractivity contribution is 7.99. The first kappa shape index (κ1) is 25.7. The summed E-state index contributed by atoms with van der Waals surface area (Å²) < 4.78 is 18.1. The highest BCUT2D eigenvalue weighted by Gasteiger charge is 2.18. The Morgan fingerprint density at radius 2 is 1.79 bits per heavy atom. The van der Waals surface area contributed by atoms with Gasteiger partial charge in [0.25, 0.3) is 0 Å². The van der Waals surface area contributed by atoms with Crippen LogP contribution in [0, 0.1) is 5.82 Å². The lowest BCUT2D eigenvalue weighted by atomic mass is 10.1. The van der Waals surface area contributed by atoms with E-state index in [1.807, 2.05) is 30.3 Å². The van der Waals surface area contributed by atoms with Crippen LogP contribution in [0.5, 0.6) is 0 Å². The Labute approximate surface area is 211 Å². The summed E-state index contributed by atoms with van der Waals surface area (Å²) in [4.78, 5) is 25.5. The van der Waals surface area contributed by atoms with Crippen molar-refractivity contribution in [3.8, 4) is 0 Å².